The zero-order valence-corrected chi connectivity index (χ0v) is 10.9. The van der Waals surface area contributed by atoms with E-state index >= 15 is 0 Å². The van der Waals surface area contributed by atoms with Crippen molar-refractivity contribution in [1.29, 1.82) is 0 Å². The second kappa shape index (κ2) is 6.89. The van der Waals surface area contributed by atoms with Gasteiger partial charge in [0.15, 0.2) is 0 Å². The number of amides is 1. The van der Waals surface area contributed by atoms with Crippen LogP contribution in [-0.2, 0) is 4.79 Å². The largest absolute Gasteiger partial charge is 0.357 e. The molecule has 0 saturated heterocycles. The van der Waals surface area contributed by atoms with Crippen molar-refractivity contribution in [2.45, 2.75) is 33.6 Å². The second-order valence-corrected chi connectivity index (χ2v) is 3.88. The minimum absolute atomic E-state index is 0.0462. The quantitative estimate of drug-likeness (QED) is 0.824. The molecule has 0 saturated carbocycles. The van der Waals surface area contributed by atoms with Crippen molar-refractivity contribution in [3.8, 4) is 0 Å². The van der Waals surface area contributed by atoms with Gasteiger partial charge in [-0.05, 0) is 32.4 Å². The van der Waals surface area contributed by atoms with E-state index in [-0.39, 0.29) is 5.91 Å². The van der Waals surface area contributed by atoms with E-state index in [2.05, 4.69) is 29.0 Å². The molecule has 0 fully saturated rings. The number of nitrogens with one attached hydrogen (secondary N) is 1. The van der Waals surface area contributed by atoms with E-state index in [1.165, 1.54) is 0 Å². The molecule has 1 aromatic rings. The van der Waals surface area contributed by atoms with Crippen molar-refractivity contribution in [1.82, 2.24) is 4.98 Å². The Morgan fingerprint density at radius 1 is 1.29 bits per heavy atom. The second-order valence-electron chi connectivity index (χ2n) is 3.88. The van der Waals surface area contributed by atoms with Gasteiger partial charge in [0.05, 0.1) is 11.9 Å². The van der Waals surface area contributed by atoms with Crippen molar-refractivity contribution in [2.75, 3.05) is 23.3 Å². The van der Waals surface area contributed by atoms with Crippen molar-refractivity contribution in [3.63, 3.8) is 0 Å². The van der Waals surface area contributed by atoms with Crippen LogP contribution in [0.15, 0.2) is 18.3 Å². The highest BCUT2D eigenvalue weighted by atomic mass is 16.1. The summed E-state index contributed by atoms with van der Waals surface area (Å²) in [5.41, 5.74) is 0.763. The molecule has 0 aliphatic carbocycles. The molecule has 1 amide bonds. The Labute approximate surface area is 103 Å². The Bertz CT molecular complexity index is 344. The number of aromatic nitrogens is 1. The molecule has 1 heterocycles. The maximum absolute atomic E-state index is 11.4. The molecule has 1 N–H and O–H groups in total. The SMILES string of the molecule is CCCC(=O)Nc1ccc(N(CC)CC)nc1. The van der Waals surface area contributed by atoms with Crippen LogP contribution in [0, 0.1) is 0 Å². The van der Waals surface area contributed by atoms with Crippen LogP contribution in [0.3, 0.4) is 0 Å². The highest BCUT2D eigenvalue weighted by Gasteiger charge is 2.04. The molecule has 4 heteroatoms. The van der Waals surface area contributed by atoms with E-state index in [4.69, 9.17) is 0 Å². The van der Waals surface area contributed by atoms with Crippen LogP contribution in [0.5, 0.6) is 0 Å². The molecule has 0 radical (unpaired) electrons. The third-order valence-electron chi connectivity index (χ3n) is 2.60. The van der Waals surface area contributed by atoms with Crippen molar-refractivity contribution < 1.29 is 4.79 Å². The lowest BCUT2D eigenvalue weighted by Gasteiger charge is -2.19. The Morgan fingerprint density at radius 3 is 2.47 bits per heavy atom. The fraction of sp³-hybridized carbons (Fsp3) is 0.538. The van der Waals surface area contributed by atoms with E-state index in [0.717, 1.165) is 31.0 Å². The van der Waals surface area contributed by atoms with Gasteiger partial charge in [-0.15, -0.1) is 0 Å². The Balaban J connectivity index is 2.64. The molecule has 0 bridgehead atoms. The van der Waals surface area contributed by atoms with Gasteiger partial charge in [-0.3, -0.25) is 4.79 Å². The molecule has 0 atom stereocenters. The van der Waals surface area contributed by atoms with Gasteiger partial charge in [-0.2, -0.15) is 0 Å². The molecule has 1 aromatic heterocycles. The maximum Gasteiger partial charge on any atom is 0.224 e. The fourth-order valence-corrected chi connectivity index (χ4v) is 1.65. The van der Waals surface area contributed by atoms with Gasteiger partial charge in [-0.25, -0.2) is 4.98 Å². The summed E-state index contributed by atoms with van der Waals surface area (Å²) in [6.45, 7) is 8.06. The fourth-order valence-electron chi connectivity index (χ4n) is 1.65. The zero-order chi connectivity index (χ0) is 12.7. The van der Waals surface area contributed by atoms with Crippen molar-refractivity contribution >= 4 is 17.4 Å². The van der Waals surface area contributed by atoms with E-state index in [1.54, 1.807) is 6.20 Å². The summed E-state index contributed by atoms with van der Waals surface area (Å²) >= 11 is 0. The zero-order valence-electron chi connectivity index (χ0n) is 10.9. The molecule has 17 heavy (non-hydrogen) atoms. The predicted molar refractivity (Wildman–Crippen MR) is 71.3 cm³/mol. The van der Waals surface area contributed by atoms with Crippen LogP contribution in [-0.4, -0.2) is 24.0 Å². The first-order valence-electron chi connectivity index (χ1n) is 6.22. The van der Waals surface area contributed by atoms with Gasteiger partial charge in [0.1, 0.15) is 5.82 Å². The minimum atomic E-state index is 0.0462. The lowest BCUT2D eigenvalue weighted by atomic mass is 10.3. The minimum Gasteiger partial charge on any atom is -0.357 e. The van der Waals surface area contributed by atoms with E-state index in [0.29, 0.717) is 6.42 Å². The average molecular weight is 235 g/mol. The summed E-state index contributed by atoms with van der Waals surface area (Å²) in [5.74, 6) is 0.994. The number of hydrogen-bond donors (Lipinski definition) is 1. The molecule has 0 unspecified atom stereocenters. The first-order chi connectivity index (χ1) is 8.21. The topological polar surface area (TPSA) is 45.2 Å². The van der Waals surface area contributed by atoms with Crippen molar-refractivity contribution in [2.24, 2.45) is 0 Å². The Kier molecular flexibility index (Phi) is 5.46. The number of carbonyl (C=O) groups excluding carboxylic acids is 1. The average Bonchev–Trinajstić information content (AvgIpc) is 2.33. The van der Waals surface area contributed by atoms with Gasteiger partial charge in [-0.1, -0.05) is 6.92 Å². The molecule has 94 valence electrons. The number of rotatable bonds is 6. The lowest BCUT2D eigenvalue weighted by Crippen LogP contribution is -2.22. The first-order valence-corrected chi connectivity index (χ1v) is 6.22. The number of pyridine rings is 1. The van der Waals surface area contributed by atoms with Gasteiger partial charge < -0.3 is 10.2 Å². The summed E-state index contributed by atoms with van der Waals surface area (Å²) in [6.07, 6.45) is 3.12. The predicted octanol–water partition coefficient (Wildman–Crippen LogP) is 2.67. The van der Waals surface area contributed by atoms with Crippen LogP contribution in [0.25, 0.3) is 0 Å². The third-order valence-corrected chi connectivity index (χ3v) is 2.60. The summed E-state index contributed by atoms with van der Waals surface area (Å²) in [6, 6.07) is 3.84. The monoisotopic (exact) mass is 235 g/mol. The molecule has 0 spiro atoms. The van der Waals surface area contributed by atoms with Gasteiger partial charge in [0.25, 0.3) is 0 Å². The van der Waals surface area contributed by atoms with Gasteiger partial charge in [0.2, 0.25) is 5.91 Å². The molecule has 4 nitrogen and oxygen atoms in total. The lowest BCUT2D eigenvalue weighted by molar-refractivity contribution is -0.116. The summed E-state index contributed by atoms with van der Waals surface area (Å²) < 4.78 is 0. The smallest absolute Gasteiger partial charge is 0.224 e. The van der Waals surface area contributed by atoms with Crippen LogP contribution >= 0.6 is 0 Å². The standard InChI is InChI=1S/C13H21N3O/c1-4-7-13(17)15-11-8-9-12(14-10-11)16(5-2)6-3/h8-10H,4-7H2,1-3H3,(H,15,17). The molecule has 0 aliphatic heterocycles. The molecular formula is C13H21N3O. The van der Waals surface area contributed by atoms with E-state index < -0.39 is 0 Å². The van der Waals surface area contributed by atoms with Crippen LogP contribution in [0.4, 0.5) is 11.5 Å². The van der Waals surface area contributed by atoms with Crippen molar-refractivity contribution in [3.05, 3.63) is 18.3 Å². The third kappa shape index (κ3) is 4.06. The summed E-state index contributed by atoms with van der Waals surface area (Å²) in [5, 5.41) is 2.83. The first kappa shape index (κ1) is 13.5. The maximum atomic E-state index is 11.4. The molecule has 1 rings (SSSR count). The van der Waals surface area contributed by atoms with Gasteiger partial charge in [0, 0.05) is 19.5 Å². The van der Waals surface area contributed by atoms with Crippen LogP contribution < -0.4 is 10.2 Å². The summed E-state index contributed by atoms with van der Waals surface area (Å²) in [7, 11) is 0. The number of carbonyl (C=O) groups is 1. The Morgan fingerprint density at radius 2 is 2.00 bits per heavy atom. The number of hydrogen-bond acceptors (Lipinski definition) is 3. The van der Waals surface area contributed by atoms with Crippen LogP contribution in [0.2, 0.25) is 0 Å². The summed E-state index contributed by atoms with van der Waals surface area (Å²) in [4.78, 5) is 17.9. The highest BCUT2D eigenvalue weighted by Crippen LogP contribution is 2.14. The highest BCUT2D eigenvalue weighted by molar-refractivity contribution is 5.90. The van der Waals surface area contributed by atoms with E-state index in [9.17, 15) is 4.79 Å². The van der Waals surface area contributed by atoms with Gasteiger partial charge >= 0.3 is 0 Å². The molecule has 0 aliphatic rings. The van der Waals surface area contributed by atoms with E-state index in [1.807, 2.05) is 19.1 Å². The number of anilines is 2. The Hall–Kier alpha value is -1.58. The number of nitrogens with zero attached hydrogens (tertiary/aromatic N) is 2. The normalized spacial score (nSPS) is 10.1. The molecular weight excluding hydrogens is 214 g/mol. The van der Waals surface area contributed by atoms with Crippen LogP contribution in [0.1, 0.15) is 33.6 Å². The molecule has 0 aromatic carbocycles.